The van der Waals surface area contributed by atoms with Gasteiger partial charge in [0.05, 0.1) is 6.61 Å². The van der Waals surface area contributed by atoms with Crippen molar-refractivity contribution < 1.29 is 29.9 Å². The predicted molar refractivity (Wildman–Crippen MR) is 67.4 cm³/mol. The Bertz CT molecular complexity index is 228. The van der Waals surface area contributed by atoms with Crippen molar-refractivity contribution in [1.29, 1.82) is 0 Å². The van der Waals surface area contributed by atoms with Crippen LogP contribution in [0.1, 0.15) is 19.3 Å². The second-order valence-electron chi connectivity index (χ2n) is 4.35. The first-order valence-electron chi connectivity index (χ1n) is 6.14. The Hall–Kier alpha value is 0.110. The van der Waals surface area contributed by atoms with E-state index in [1.807, 2.05) is 0 Å². The molecule has 1 aliphatic heterocycles. The summed E-state index contributed by atoms with van der Waals surface area (Å²) in [7, 11) is 0. The quantitative estimate of drug-likeness (QED) is 0.300. The lowest BCUT2D eigenvalue weighted by molar-refractivity contribution is -0.301. The molecule has 0 amide bonds. The average Bonchev–Trinajstić information content (AvgIpc) is 2.38. The van der Waals surface area contributed by atoms with Crippen molar-refractivity contribution in [3.8, 4) is 0 Å². The molecule has 0 spiro atoms. The number of aliphatic hydroxyl groups is 4. The summed E-state index contributed by atoms with van der Waals surface area (Å²) in [6.45, 7) is -0.0546. The number of aliphatic hydroxyl groups excluding tert-OH is 4. The molecule has 0 aliphatic carbocycles. The molecule has 0 aromatic heterocycles. The zero-order chi connectivity index (χ0) is 13.5. The maximum absolute atomic E-state index is 9.67. The van der Waals surface area contributed by atoms with Crippen molar-refractivity contribution in [1.82, 2.24) is 0 Å². The highest BCUT2D eigenvalue weighted by atomic mass is 32.1. The molecule has 18 heavy (non-hydrogen) atoms. The van der Waals surface area contributed by atoms with Crippen LogP contribution >= 0.6 is 12.6 Å². The molecule has 108 valence electrons. The maximum Gasteiger partial charge on any atom is 0.186 e. The van der Waals surface area contributed by atoms with E-state index in [-0.39, 0.29) is 0 Å². The van der Waals surface area contributed by atoms with Gasteiger partial charge in [-0.25, -0.2) is 0 Å². The summed E-state index contributed by atoms with van der Waals surface area (Å²) < 4.78 is 10.5. The molecular weight excluding hydrogens is 260 g/mol. The van der Waals surface area contributed by atoms with Crippen LogP contribution in [0.3, 0.4) is 0 Å². The van der Waals surface area contributed by atoms with Crippen LogP contribution in [0, 0.1) is 0 Å². The molecule has 0 aromatic rings. The van der Waals surface area contributed by atoms with Crippen molar-refractivity contribution >= 4 is 12.6 Å². The molecule has 1 aliphatic rings. The van der Waals surface area contributed by atoms with Gasteiger partial charge in [0, 0.05) is 6.61 Å². The van der Waals surface area contributed by atoms with E-state index in [0.717, 1.165) is 25.0 Å². The number of unbranched alkanes of at least 4 members (excludes halogenated alkanes) is 2. The van der Waals surface area contributed by atoms with Crippen LogP contribution in [-0.2, 0) is 9.47 Å². The third-order valence-corrected chi connectivity index (χ3v) is 3.25. The minimum atomic E-state index is -1.38. The van der Waals surface area contributed by atoms with Crippen molar-refractivity contribution in [2.24, 2.45) is 0 Å². The summed E-state index contributed by atoms with van der Waals surface area (Å²) in [5.74, 6) is 0.819. The highest BCUT2D eigenvalue weighted by Gasteiger charge is 2.43. The average molecular weight is 282 g/mol. The van der Waals surface area contributed by atoms with Crippen LogP contribution in [0.25, 0.3) is 0 Å². The molecule has 0 saturated carbocycles. The largest absolute Gasteiger partial charge is 0.394 e. The van der Waals surface area contributed by atoms with Crippen LogP contribution in [0.5, 0.6) is 0 Å². The van der Waals surface area contributed by atoms with Gasteiger partial charge in [0.15, 0.2) is 6.29 Å². The predicted octanol–water partition coefficient (Wildman–Crippen LogP) is -1.10. The van der Waals surface area contributed by atoms with Crippen molar-refractivity contribution in [2.75, 3.05) is 19.0 Å². The summed E-state index contributed by atoms with van der Waals surface area (Å²) >= 11 is 4.09. The topological polar surface area (TPSA) is 99.4 Å². The van der Waals surface area contributed by atoms with Crippen molar-refractivity contribution in [2.45, 2.75) is 50.0 Å². The van der Waals surface area contributed by atoms with Crippen LogP contribution < -0.4 is 0 Å². The lowest BCUT2D eigenvalue weighted by Crippen LogP contribution is -2.59. The van der Waals surface area contributed by atoms with E-state index in [4.69, 9.17) is 14.6 Å². The van der Waals surface area contributed by atoms with Crippen LogP contribution in [0.2, 0.25) is 0 Å². The van der Waals surface area contributed by atoms with Crippen LogP contribution in [-0.4, -0.2) is 70.1 Å². The monoisotopic (exact) mass is 282 g/mol. The standard InChI is InChI=1S/C11H22O6S/c12-6-7-8(13)9(14)10(15)11(17-7)16-4-2-1-3-5-18/h7-15,18H,1-6H2/t7-,8+,9+,10-,11-/m1/s1. The fraction of sp³-hybridized carbons (Fsp3) is 1.00. The fourth-order valence-corrected chi connectivity index (χ4v) is 2.02. The number of rotatable bonds is 7. The SMILES string of the molecule is OC[C@H]1O[C@@H](OCCCCCS)[C@H](O)[C@@H](O)[C@H]1O. The van der Waals surface area contributed by atoms with Crippen molar-refractivity contribution in [3.05, 3.63) is 0 Å². The summed E-state index contributed by atoms with van der Waals surface area (Å²) in [6, 6.07) is 0. The molecular formula is C11H22O6S. The molecule has 1 heterocycles. The molecule has 0 bridgehead atoms. The first-order valence-corrected chi connectivity index (χ1v) is 6.78. The second-order valence-corrected chi connectivity index (χ2v) is 4.80. The highest BCUT2D eigenvalue weighted by molar-refractivity contribution is 7.80. The fourth-order valence-electron chi connectivity index (χ4n) is 1.80. The van der Waals surface area contributed by atoms with E-state index < -0.39 is 37.3 Å². The number of ether oxygens (including phenoxy) is 2. The van der Waals surface area contributed by atoms with E-state index in [0.29, 0.717) is 6.61 Å². The molecule has 0 unspecified atom stereocenters. The van der Waals surface area contributed by atoms with Gasteiger partial charge in [-0.15, -0.1) is 0 Å². The molecule has 0 aromatic carbocycles. The Balaban J connectivity index is 2.35. The van der Waals surface area contributed by atoms with E-state index >= 15 is 0 Å². The normalized spacial score (nSPS) is 36.8. The van der Waals surface area contributed by atoms with Gasteiger partial charge in [-0.1, -0.05) is 6.42 Å². The summed E-state index contributed by atoms with van der Waals surface area (Å²) in [5, 5.41) is 37.7. The van der Waals surface area contributed by atoms with Gasteiger partial charge in [-0.2, -0.15) is 12.6 Å². The minimum Gasteiger partial charge on any atom is -0.394 e. The molecule has 4 N–H and O–H groups in total. The molecule has 1 rings (SSSR count). The summed E-state index contributed by atoms with van der Waals surface area (Å²) in [4.78, 5) is 0. The van der Waals surface area contributed by atoms with Crippen LogP contribution in [0.4, 0.5) is 0 Å². The Labute approximate surface area is 112 Å². The molecule has 1 fully saturated rings. The van der Waals surface area contributed by atoms with Gasteiger partial charge in [0.2, 0.25) is 0 Å². The smallest absolute Gasteiger partial charge is 0.186 e. The van der Waals surface area contributed by atoms with E-state index in [2.05, 4.69) is 12.6 Å². The minimum absolute atomic E-state index is 0.385. The van der Waals surface area contributed by atoms with Gasteiger partial charge >= 0.3 is 0 Å². The molecule has 5 atom stereocenters. The lowest BCUT2D eigenvalue weighted by Gasteiger charge is -2.39. The molecule has 6 nitrogen and oxygen atoms in total. The number of thiol groups is 1. The Kier molecular flexibility index (Phi) is 7.47. The first kappa shape index (κ1) is 16.2. The third-order valence-electron chi connectivity index (χ3n) is 2.93. The van der Waals surface area contributed by atoms with E-state index in [1.165, 1.54) is 0 Å². The maximum atomic E-state index is 9.67. The highest BCUT2D eigenvalue weighted by Crippen LogP contribution is 2.22. The molecule has 7 heteroatoms. The molecule has 0 radical (unpaired) electrons. The van der Waals surface area contributed by atoms with Gasteiger partial charge < -0.3 is 29.9 Å². The molecule has 1 saturated heterocycles. The number of hydrogen-bond acceptors (Lipinski definition) is 7. The van der Waals surface area contributed by atoms with Crippen LogP contribution in [0.15, 0.2) is 0 Å². The van der Waals surface area contributed by atoms with Gasteiger partial charge in [-0.3, -0.25) is 0 Å². The van der Waals surface area contributed by atoms with E-state index in [9.17, 15) is 15.3 Å². The zero-order valence-electron chi connectivity index (χ0n) is 10.2. The summed E-state index contributed by atoms with van der Waals surface area (Å²) in [5.41, 5.74) is 0. The number of hydrogen-bond donors (Lipinski definition) is 5. The summed E-state index contributed by atoms with van der Waals surface area (Å²) in [6.07, 6.45) is -3.21. The van der Waals surface area contributed by atoms with Gasteiger partial charge in [0.1, 0.15) is 24.4 Å². The van der Waals surface area contributed by atoms with Crippen molar-refractivity contribution in [3.63, 3.8) is 0 Å². The lowest BCUT2D eigenvalue weighted by atomic mass is 9.99. The Morgan fingerprint density at radius 3 is 2.33 bits per heavy atom. The first-order chi connectivity index (χ1) is 8.61. The second kappa shape index (κ2) is 8.31. The van der Waals surface area contributed by atoms with Gasteiger partial charge in [0.25, 0.3) is 0 Å². The Morgan fingerprint density at radius 1 is 1.00 bits per heavy atom. The Morgan fingerprint density at radius 2 is 1.72 bits per heavy atom. The van der Waals surface area contributed by atoms with Gasteiger partial charge in [-0.05, 0) is 18.6 Å². The third kappa shape index (κ3) is 4.34. The zero-order valence-corrected chi connectivity index (χ0v) is 11.1. The van der Waals surface area contributed by atoms with E-state index in [1.54, 1.807) is 0 Å².